The van der Waals surface area contributed by atoms with Gasteiger partial charge in [0.25, 0.3) is 5.91 Å². The third kappa shape index (κ3) is 4.55. The van der Waals surface area contributed by atoms with Crippen LogP contribution in [0.1, 0.15) is 19.4 Å². The van der Waals surface area contributed by atoms with Gasteiger partial charge in [-0.05, 0) is 6.07 Å². The summed E-state index contributed by atoms with van der Waals surface area (Å²) in [5, 5.41) is 6.31. The van der Waals surface area contributed by atoms with Gasteiger partial charge in [0.1, 0.15) is 5.75 Å². The van der Waals surface area contributed by atoms with Gasteiger partial charge in [-0.2, -0.15) is 0 Å². The van der Waals surface area contributed by atoms with E-state index in [4.69, 9.17) is 16.3 Å². The van der Waals surface area contributed by atoms with E-state index in [9.17, 15) is 4.79 Å². The molecule has 1 aromatic carbocycles. The third-order valence-electron chi connectivity index (χ3n) is 2.38. The van der Waals surface area contributed by atoms with Crippen LogP contribution in [0.3, 0.4) is 0 Å². The molecule has 1 rings (SSSR count). The molecule has 0 atom stereocenters. The molecule has 0 radical (unpaired) electrons. The molecule has 1 amide bonds. The molecule has 0 aromatic heterocycles. The fourth-order valence-electron chi connectivity index (χ4n) is 1.38. The summed E-state index contributed by atoms with van der Waals surface area (Å²) in [6.07, 6.45) is 0. The van der Waals surface area contributed by atoms with E-state index in [2.05, 4.69) is 24.5 Å². The van der Waals surface area contributed by atoms with Crippen LogP contribution in [-0.2, 0) is 11.3 Å². The van der Waals surface area contributed by atoms with Crippen LogP contribution in [0.25, 0.3) is 0 Å². The Hall–Kier alpha value is -1.26. The molecule has 0 aliphatic rings. The van der Waals surface area contributed by atoms with Crippen LogP contribution in [-0.4, -0.2) is 25.6 Å². The van der Waals surface area contributed by atoms with Gasteiger partial charge in [-0.1, -0.05) is 37.6 Å². The average molecular weight is 271 g/mol. The number of ether oxygens (including phenoxy) is 1. The molecule has 0 unspecified atom stereocenters. The van der Waals surface area contributed by atoms with Crippen LogP contribution in [0, 0.1) is 0 Å². The standard InChI is InChI=1S/C13H19ClN2O2/c1-9(2)16-7-10-5-4-6-11(14)13(10)18-8-12(17)15-3/h4-6,9,16H,7-8H2,1-3H3,(H,15,17). The van der Waals surface area contributed by atoms with E-state index in [1.165, 1.54) is 0 Å². The summed E-state index contributed by atoms with van der Waals surface area (Å²) in [6.45, 7) is 4.75. The molecule has 2 N–H and O–H groups in total. The monoisotopic (exact) mass is 270 g/mol. The molecule has 0 aliphatic carbocycles. The molecule has 0 saturated carbocycles. The summed E-state index contributed by atoms with van der Waals surface area (Å²) in [5.41, 5.74) is 0.945. The number of hydrogen-bond acceptors (Lipinski definition) is 3. The van der Waals surface area contributed by atoms with Gasteiger partial charge in [0.2, 0.25) is 0 Å². The van der Waals surface area contributed by atoms with E-state index in [0.717, 1.165) is 5.56 Å². The molecule has 0 saturated heterocycles. The highest BCUT2D eigenvalue weighted by atomic mass is 35.5. The summed E-state index contributed by atoms with van der Waals surface area (Å²) in [4.78, 5) is 11.2. The first-order chi connectivity index (χ1) is 8.54. The van der Waals surface area contributed by atoms with E-state index in [1.807, 2.05) is 12.1 Å². The summed E-state index contributed by atoms with van der Waals surface area (Å²) in [7, 11) is 1.57. The first-order valence-corrected chi connectivity index (χ1v) is 6.26. The van der Waals surface area contributed by atoms with Gasteiger partial charge in [-0.3, -0.25) is 4.79 Å². The Bertz CT molecular complexity index is 408. The lowest BCUT2D eigenvalue weighted by atomic mass is 10.2. The average Bonchev–Trinajstić information content (AvgIpc) is 2.34. The second-order valence-corrected chi connectivity index (χ2v) is 4.63. The quantitative estimate of drug-likeness (QED) is 0.831. The van der Waals surface area contributed by atoms with Gasteiger partial charge in [0, 0.05) is 25.2 Å². The van der Waals surface area contributed by atoms with Crippen LogP contribution in [0.5, 0.6) is 5.75 Å². The second kappa shape index (κ2) is 7.24. The predicted molar refractivity (Wildman–Crippen MR) is 73.0 cm³/mol. The van der Waals surface area contributed by atoms with Gasteiger partial charge in [-0.25, -0.2) is 0 Å². The van der Waals surface area contributed by atoms with Crippen LogP contribution in [0.2, 0.25) is 5.02 Å². The van der Waals surface area contributed by atoms with E-state index in [-0.39, 0.29) is 12.5 Å². The summed E-state index contributed by atoms with van der Waals surface area (Å²) < 4.78 is 5.47. The smallest absolute Gasteiger partial charge is 0.257 e. The Balaban J connectivity index is 2.76. The number of para-hydroxylation sites is 1. The number of benzene rings is 1. The van der Waals surface area contributed by atoms with Crippen LogP contribution in [0.4, 0.5) is 0 Å². The Kier molecular flexibility index (Phi) is 5.95. The van der Waals surface area contributed by atoms with Gasteiger partial charge in [0.15, 0.2) is 6.61 Å². The SMILES string of the molecule is CNC(=O)COc1c(Cl)cccc1CNC(C)C. The van der Waals surface area contributed by atoms with E-state index in [0.29, 0.717) is 23.4 Å². The highest BCUT2D eigenvalue weighted by molar-refractivity contribution is 6.32. The zero-order valence-electron chi connectivity index (χ0n) is 10.9. The van der Waals surface area contributed by atoms with Crippen molar-refractivity contribution in [1.29, 1.82) is 0 Å². The molecular weight excluding hydrogens is 252 g/mol. The number of amides is 1. The number of carbonyl (C=O) groups is 1. The number of carbonyl (C=O) groups excluding carboxylic acids is 1. The maximum Gasteiger partial charge on any atom is 0.257 e. The molecule has 5 heteroatoms. The summed E-state index contributed by atoms with van der Waals surface area (Å²) >= 11 is 6.09. The van der Waals surface area contributed by atoms with Gasteiger partial charge in [0.05, 0.1) is 5.02 Å². The molecule has 0 fully saturated rings. The molecule has 18 heavy (non-hydrogen) atoms. The molecular formula is C13H19ClN2O2. The third-order valence-corrected chi connectivity index (χ3v) is 2.67. The van der Waals surface area contributed by atoms with Crippen LogP contribution >= 0.6 is 11.6 Å². The van der Waals surface area contributed by atoms with Crippen molar-refractivity contribution in [2.75, 3.05) is 13.7 Å². The molecule has 0 spiro atoms. The van der Waals surface area contributed by atoms with Gasteiger partial charge in [-0.15, -0.1) is 0 Å². The van der Waals surface area contributed by atoms with Crippen molar-refractivity contribution in [2.24, 2.45) is 0 Å². The van der Waals surface area contributed by atoms with Crippen molar-refractivity contribution in [3.05, 3.63) is 28.8 Å². The van der Waals surface area contributed by atoms with Crippen molar-refractivity contribution < 1.29 is 9.53 Å². The van der Waals surface area contributed by atoms with Crippen molar-refractivity contribution in [1.82, 2.24) is 10.6 Å². The van der Waals surface area contributed by atoms with Gasteiger partial charge >= 0.3 is 0 Å². The molecule has 0 bridgehead atoms. The number of rotatable bonds is 6. The molecule has 4 nitrogen and oxygen atoms in total. The minimum atomic E-state index is -0.183. The van der Waals surface area contributed by atoms with Crippen molar-refractivity contribution in [3.63, 3.8) is 0 Å². The van der Waals surface area contributed by atoms with E-state index >= 15 is 0 Å². The van der Waals surface area contributed by atoms with Crippen molar-refractivity contribution >= 4 is 17.5 Å². The lowest BCUT2D eigenvalue weighted by Gasteiger charge is -2.14. The second-order valence-electron chi connectivity index (χ2n) is 4.23. The number of likely N-dealkylation sites (N-methyl/N-ethyl adjacent to an activating group) is 1. The first-order valence-electron chi connectivity index (χ1n) is 5.88. The minimum Gasteiger partial charge on any atom is -0.482 e. The Morgan fingerprint density at radius 3 is 2.78 bits per heavy atom. The zero-order chi connectivity index (χ0) is 13.5. The van der Waals surface area contributed by atoms with Crippen molar-refractivity contribution in [3.8, 4) is 5.75 Å². The Labute approximate surface area is 113 Å². The first kappa shape index (κ1) is 14.8. The number of halogens is 1. The molecule has 100 valence electrons. The topological polar surface area (TPSA) is 50.4 Å². The largest absolute Gasteiger partial charge is 0.482 e. The Morgan fingerprint density at radius 1 is 1.44 bits per heavy atom. The fraction of sp³-hybridized carbons (Fsp3) is 0.462. The molecule has 0 aliphatic heterocycles. The maximum absolute atomic E-state index is 11.2. The van der Waals surface area contributed by atoms with E-state index < -0.39 is 0 Å². The van der Waals surface area contributed by atoms with E-state index in [1.54, 1.807) is 13.1 Å². The fourth-order valence-corrected chi connectivity index (χ4v) is 1.63. The highest BCUT2D eigenvalue weighted by Crippen LogP contribution is 2.28. The number of nitrogens with one attached hydrogen (secondary N) is 2. The van der Waals surface area contributed by atoms with Crippen molar-refractivity contribution in [2.45, 2.75) is 26.4 Å². The maximum atomic E-state index is 11.2. The lowest BCUT2D eigenvalue weighted by molar-refractivity contribution is -0.122. The Morgan fingerprint density at radius 2 is 2.17 bits per heavy atom. The minimum absolute atomic E-state index is 0.0328. The normalized spacial score (nSPS) is 10.5. The van der Waals surface area contributed by atoms with Crippen LogP contribution in [0.15, 0.2) is 18.2 Å². The van der Waals surface area contributed by atoms with Crippen LogP contribution < -0.4 is 15.4 Å². The van der Waals surface area contributed by atoms with Gasteiger partial charge < -0.3 is 15.4 Å². The number of hydrogen-bond donors (Lipinski definition) is 2. The predicted octanol–water partition coefficient (Wildman–Crippen LogP) is 1.96. The lowest BCUT2D eigenvalue weighted by Crippen LogP contribution is -2.26. The summed E-state index contributed by atoms with van der Waals surface area (Å²) in [5.74, 6) is 0.383. The molecule has 1 aromatic rings. The zero-order valence-corrected chi connectivity index (χ0v) is 11.7. The summed E-state index contributed by atoms with van der Waals surface area (Å²) in [6, 6.07) is 5.92. The highest BCUT2D eigenvalue weighted by Gasteiger charge is 2.10. The molecule has 0 heterocycles.